The van der Waals surface area contributed by atoms with Crippen molar-refractivity contribution in [2.75, 3.05) is 32.3 Å². The van der Waals surface area contributed by atoms with E-state index in [0.717, 1.165) is 0 Å². The lowest BCUT2D eigenvalue weighted by Crippen LogP contribution is -2.44. The summed E-state index contributed by atoms with van der Waals surface area (Å²) in [5.41, 5.74) is 0.268. The molecule has 2 aliphatic rings. The lowest BCUT2D eigenvalue weighted by Gasteiger charge is -2.33. The summed E-state index contributed by atoms with van der Waals surface area (Å²) in [6.07, 6.45) is -2.75. The SMILES string of the molecule is CN1CN(C)c2c(ncn2[C@@H]2O[C@H](CO)[C@@H](O)[C@H]2O)C1=O. The number of hydrogen-bond acceptors (Lipinski definition) is 7. The van der Waals surface area contributed by atoms with Crippen LogP contribution >= 0.6 is 0 Å². The molecule has 0 spiro atoms. The van der Waals surface area contributed by atoms with Crippen LogP contribution < -0.4 is 4.90 Å². The highest BCUT2D eigenvalue weighted by molar-refractivity contribution is 5.98. The second-order valence-electron chi connectivity index (χ2n) is 5.40. The molecule has 0 unspecified atom stereocenters. The lowest BCUT2D eigenvalue weighted by molar-refractivity contribution is -0.0522. The van der Waals surface area contributed by atoms with Gasteiger partial charge in [0.15, 0.2) is 11.9 Å². The third kappa shape index (κ3) is 2.01. The van der Waals surface area contributed by atoms with Crippen LogP contribution in [0.5, 0.6) is 0 Å². The zero-order valence-electron chi connectivity index (χ0n) is 11.7. The van der Waals surface area contributed by atoms with E-state index < -0.39 is 31.1 Å². The van der Waals surface area contributed by atoms with E-state index in [1.165, 1.54) is 15.8 Å². The van der Waals surface area contributed by atoms with E-state index in [9.17, 15) is 15.0 Å². The van der Waals surface area contributed by atoms with E-state index in [1.807, 2.05) is 0 Å². The number of aromatic nitrogens is 2. The molecule has 116 valence electrons. The second kappa shape index (κ2) is 4.95. The van der Waals surface area contributed by atoms with Gasteiger partial charge in [0.25, 0.3) is 5.91 Å². The van der Waals surface area contributed by atoms with Crippen LogP contribution in [0.15, 0.2) is 6.33 Å². The van der Waals surface area contributed by atoms with Gasteiger partial charge in [-0.25, -0.2) is 4.98 Å². The van der Waals surface area contributed by atoms with Gasteiger partial charge < -0.3 is 29.9 Å². The number of imidazole rings is 1. The number of amides is 1. The smallest absolute Gasteiger partial charge is 0.277 e. The Bertz CT molecular complexity index is 562. The summed E-state index contributed by atoms with van der Waals surface area (Å²) < 4.78 is 7.00. The maximum Gasteiger partial charge on any atom is 0.277 e. The molecule has 1 amide bonds. The van der Waals surface area contributed by atoms with Crippen molar-refractivity contribution in [1.82, 2.24) is 14.5 Å². The van der Waals surface area contributed by atoms with Crippen LogP contribution in [-0.2, 0) is 4.74 Å². The van der Waals surface area contributed by atoms with Gasteiger partial charge in [-0.3, -0.25) is 9.36 Å². The summed E-state index contributed by atoms with van der Waals surface area (Å²) in [5.74, 6) is 0.307. The van der Waals surface area contributed by atoms with Gasteiger partial charge in [-0.1, -0.05) is 0 Å². The first-order valence-electron chi connectivity index (χ1n) is 6.61. The Kier molecular flexibility index (Phi) is 3.36. The minimum absolute atomic E-state index is 0.214. The molecule has 4 atom stereocenters. The molecule has 1 aromatic rings. The van der Waals surface area contributed by atoms with Crippen LogP contribution in [0.2, 0.25) is 0 Å². The zero-order chi connectivity index (χ0) is 15.3. The van der Waals surface area contributed by atoms with Crippen molar-refractivity contribution in [2.24, 2.45) is 0 Å². The Balaban J connectivity index is 1.99. The van der Waals surface area contributed by atoms with Gasteiger partial charge in [0, 0.05) is 14.1 Å². The zero-order valence-corrected chi connectivity index (χ0v) is 11.7. The fourth-order valence-corrected chi connectivity index (χ4v) is 2.81. The molecule has 0 radical (unpaired) electrons. The van der Waals surface area contributed by atoms with E-state index in [4.69, 9.17) is 9.84 Å². The van der Waals surface area contributed by atoms with Crippen molar-refractivity contribution in [2.45, 2.75) is 24.5 Å². The summed E-state index contributed by atoms with van der Waals surface area (Å²) >= 11 is 0. The molecular formula is C12H18N4O5. The van der Waals surface area contributed by atoms with Crippen molar-refractivity contribution in [1.29, 1.82) is 0 Å². The number of ether oxygens (including phenoxy) is 1. The van der Waals surface area contributed by atoms with E-state index in [1.54, 1.807) is 19.0 Å². The molecule has 9 heteroatoms. The predicted molar refractivity (Wildman–Crippen MR) is 70.6 cm³/mol. The summed E-state index contributed by atoms with van der Waals surface area (Å²) in [7, 11) is 3.47. The van der Waals surface area contributed by atoms with Crippen molar-refractivity contribution in [3.63, 3.8) is 0 Å². The summed E-state index contributed by atoms with van der Waals surface area (Å²) in [4.78, 5) is 19.5. The molecule has 2 aliphatic heterocycles. The topological polar surface area (TPSA) is 111 Å². The standard InChI is InChI=1S/C12H18N4O5/c1-14-5-15(2)11(20)7-10(14)16(4-13-7)12-9(19)8(18)6(3-17)21-12/h4,6,8-9,12,17-19H,3,5H2,1-2H3/t6-,8-,9-,12-/m1/s1. The Morgan fingerprint density at radius 1 is 1.33 bits per heavy atom. The quantitative estimate of drug-likeness (QED) is 0.577. The Hall–Kier alpha value is -1.68. The average molecular weight is 298 g/mol. The molecule has 9 nitrogen and oxygen atoms in total. The highest BCUT2D eigenvalue weighted by atomic mass is 16.6. The number of aliphatic hydroxyl groups is 3. The first-order valence-corrected chi connectivity index (χ1v) is 6.61. The fraction of sp³-hybridized carbons (Fsp3) is 0.667. The summed E-state index contributed by atoms with van der Waals surface area (Å²) in [6.45, 7) is -0.0184. The van der Waals surface area contributed by atoms with Gasteiger partial charge >= 0.3 is 0 Å². The molecule has 1 aromatic heterocycles. The van der Waals surface area contributed by atoms with E-state index >= 15 is 0 Å². The van der Waals surface area contributed by atoms with Crippen molar-refractivity contribution < 1.29 is 24.9 Å². The number of anilines is 1. The molecule has 1 saturated heterocycles. The molecule has 1 fully saturated rings. The Morgan fingerprint density at radius 3 is 2.67 bits per heavy atom. The summed E-state index contributed by atoms with van der Waals surface area (Å²) in [6, 6.07) is 0. The van der Waals surface area contributed by atoms with E-state index in [-0.39, 0.29) is 11.6 Å². The summed E-state index contributed by atoms with van der Waals surface area (Å²) in [5, 5.41) is 29.1. The van der Waals surface area contributed by atoms with E-state index in [0.29, 0.717) is 12.5 Å². The van der Waals surface area contributed by atoms with Crippen LogP contribution in [0.3, 0.4) is 0 Å². The molecule has 0 bridgehead atoms. The number of nitrogens with zero attached hydrogens (tertiary/aromatic N) is 4. The monoisotopic (exact) mass is 298 g/mol. The maximum absolute atomic E-state index is 12.1. The van der Waals surface area contributed by atoms with Gasteiger partial charge in [0.2, 0.25) is 0 Å². The van der Waals surface area contributed by atoms with Crippen molar-refractivity contribution in [3.8, 4) is 0 Å². The van der Waals surface area contributed by atoms with Crippen molar-refractivity contribution >= 4 is 11.7 Å². The molecule has 3 heterocycles. The third-order valence-electron chi connectivity index (χ3n) is 3.89. The minimum Gasteiger partial charge on any atom is -0.394 e. The van der Waals surface area contributed by atoms with Crippen LogP contribution in [0.1, 0.15) is 16.7 Å². The number of hydrogen-bond donors (Lipinski definition) is 3. The largest absolute Gasteiger partial charge is 0.394 e. The van der Waals surface area contributed by atoms with Crippen LogP contribution in [0.4, 0.5) is 5.82 Å². The Labute approximate surface area is 121 Å². The van der Waals surface area contributed by atoms with E-state index in [2.05, 4.69) is 4.98 Å². The molecular weight excluding hydrogens is 280 g/mol. The van der Waals surface area contributed by atoms with Gasteiger partial charge in [-0.2, -0.15) is 0 Å². The van der Waals surface area contributed by atoms with Crippen LogP contribution in [0.25, 0.3) is 0 Å². The molecule has 0 aromatic carbocycles. The molecule has 0 aliphatic carbocycles. The predicted octanol–water partition coefficient (Wildman–Crippen LogP) is -2.03. The van der Waals surface area contributed by atoms with Crippen molar-refractivity contribution in [3.05, 3.63) is 12.0 Å². The highest BCUT2D eigenvalue weighted by Gasteiger charge is 2.45. The van der Waals surface area contributed by atoms with Crippen LogP contribution in [0, 0.1) is 0 Å². The Morgan fingerprint density at radius 2 is 2.05 bits per heavy atom. The van der Waals surface area contributed by atoms with Gasteiger partial charge in [0.1, 0.15) is 24.1 Å². The maximum atomic E-state index is 12.1. The van der Waals surface area contributed by atoms with Gasteiger partial charge in [-0.15, -0.1) is 0 Å². The molecule has 21 heavy (non-hydrogen) atoms. The number of aliphatic hydroxyl groups excluding tert-OH is 3. The minimum atomic E-state index is -1.20. The average Bonchev–Trinajstić information content (AvgIpc) is 3.00. The molecule has 3 rings (SSSR count). The van der Waals surface area contributed by atoms with Crippen LogP contribution in [-0.4, -0.2) is 81.4 Å². The first-order chi connectivity index (χ1) is 9.95. The number of carbonyl (C=O) groups excluding carboxylic acids is 1. The highest BCUT2D eigenvalue weighted by Crippen LogP contribution is 2.35. The second-order valence-corrected chi connectivity index (χ2v) is 5.40. The molecule has 0 saturated carbocycles. The van der Waals surface area contributed by atoms with Gasteiger partial charge in [-0.05, 0) is 0 Å². The number of carbonyl (C=O) groups is 1. The molecule has 3 N–H and O–H groups in total. The third-order valence-corrected chi connectivity index (χ3v) is 3.89. The number of rotatable bonds is 2. The van der Waals surface area contributed by atoms with Gasteiger partial charge in [0.05, 0.1) is 19.6 Å². The number of fused-ring (bicyclic) bond motifs is 1. The fourth-order valence-electron chi connectivity index (χ4n) is 2.81. The lowest BCUT2D eigenvalue weighted by atomic mass is 10.1. The normalized spacial score (nSPS) is 32.7. The first kappa shape index (κ1) is 14.3.